The molecule has 2 aromatic rings. The topological polar surface area (TPSA) is 120 Å². The van der Waals surface area contributed by atoms with Gasteiger partial charge in [0.1, 0.15) is 5.75 Å². The number of hydrogen-bond acceptors (Lipinski definition) is 9. The minimum atomic E-state index is -3.93. The van der Waals surface area contributed by atoms with Crippen LogP contribution in [0.4, 0.5) is 5.69 Å². The Morgan fingerprint density at radius 3 is 2.28 bits per heavy atom. The lowest BCUT2D eigenvalue weighted by molar-refractivity contribution is -0.122. The van der Waals surface area contributed by atoms with Gasteiger partial charge in [-0.1, -0.05) is 30.7 Å². The molecule has 2 aliphatic heterocycles. The molecule has 6 rings (SSSR count). The lowest BCUT2D eigenvalue weighted by Gasteiger charge is -2.44. The molecule has 2 aromatic carbocycles. The molecule has 0 saturated heterocycles. The number of halogens is 1. The molecule has 1 saturated carbocycles. The van der Waals surface area contributed by atoms with Crippen molar-refractivity contribution < 1.29 is 36.7 Å². The van der Waals surface area contributed by atoms with Gasteiger partial charge in [-0.15, -0.1) is 0 Å². The first kappa shape index (κ1) is 42.3. The molecule has 5 atom stereocenters. The summed E-state index contributed by atoms with van der Waals surface area (Å²) < 4.78 is 51.3. The van der Waals surface area contributed by atoms with Crippen LogP contribution in [-0.2, 0) is 40.6 Å². The molecule has 1 amide bonds. The molecule has 0 aromatic heterocycles. The molecule has 0 unspecified atom stereocenters. The van der Waals surface area contributed by atoms with Crippen molar-refractivity contribution >= 4 is 46.3 Å². The Bertz CT molecular complexity index is 1760. The van der Waals surface area contributed by atoms with Crippen LogP contribution in [0, 0.1) is 17.8 Å². The first-order chi connectivity index (χ1) is 25.5. The van der Waals surface area contributed by atoms with Crippen LogP contribution in [0.25, 0.3) is 0 Å². The number of nitrogens with one attached hydrogen (secondary N) is 1. The molecule has 54 heavy (non-hydrogen) atoms. The van der Waals surface area contributed by atoms with Gasteiger partial charge in [-0.25, -0.2) is 13.1 Å². The average molecular weight is 785 g/mol. The third-order valence-electron chi connectivity index (χ3n) is 11.0. The van der Waals surface area contributed by atoms with E-state index < -0.39 is 28.5 Å². The van der Waals surface area contributed by atoms with Gasteiger partial charge in [-0.05, 0) is 146 Å². The Balaban J connectivity index is 0.000000370. The van der Waals surface area contributed by atoms with E-state index in [4.69, 9.17) is 30.3 Å². The summed E-state index contributed by atoms with van der Waals surface area (Å²) >= 11 is 6.37. The van der Waals surface area contributed by atoms with Crippen LogP contribution < -0.4 is 14.4 Å². The predicted molar refractivity (Wildman–Crippen MR) is 215 cm³/mol. The molecule has 1 spiro atoms. The largest absolute Gasteiger partial charge is 0.639 e. The molecule has 10 nitrogen and oxygen atoms in total. The van der Waals surface area contributed by atoms with Crippen LogP contribution >= 0.6 is 11.6 Å². The Morgan fingerprint density at radius 1 is 0.963 bits per heavy atom. The second-order valence-corrected chi connectivity index (χ2v) is 18.7. The van der Waals surface area contributed by atoms with Crippen LogP contribution in [0.15, 0.2) is 48.6 Å². The number of rotatable bonds is 6. The molecule has 296 valence electrons. The molecule has 1 N–H and O–H groups in total. The summed E-state index contributed by atoms with van der Waals surface area (Å²) in [5.74, 6) is -0.0319. The number of carbonyl (C=O) groups excluding carboxylic acids is 2. The van der Waals surface area contributed by atoms with E-state index in [1.54, 1.807) is 37.3 Å². The van der Waals surface area contributed by atoms with Gasteiger partial charge in [0.2, 0.25) is 10.0 Å². The number of hydrogen-bond donors (Lipinski definition) is 1. The van der Waals surface area contributed by atoms with Crippen molar-refractivity contribution in [1.29, 1.82) is 0 Å². The molecule has 2 bridgehead atoms. The maximum Gasteiger partial charge on any atom is 0.639 e. The van der Waals surface area contributed by atoms with Crippen molar-refractivity contribution in [2.75, 3.05) is 24.6 Å². The van der Waals surface area contributed by atoms with Crippen molar-refractivity contribution in [3.05, 3.63) is 70.3 Å². The van der Waals surface area contributed by atoms with Crippen molar-refractivity contribution in [2.45, 2.75) is 123 Å². The van der Waals surface area contributed by atoms with Gasteiger partial charge < -0.3 is 23.6 Å². The van der Waals surface area contributed by atoms with Crippen molar-refractivity contribution in [3.63, 3.8) is 0 Å². The zero-order valence-electron chi connectivity index (χ0n) is 33.1. The molecule has 0 radical (unpaired) electrons. The van der Waals surface area contributed by atoms with Gasteiger partial charge in [0.05, 0.1) is 17.5 Å². The first-order valence-electron chi connectivity index (χ1n) is 19.5. The van der Waals surface area contributed by atoms with E-state index in [0.29, 0.717) is 31.9 Å². The van der Waals surface area contributed by atoms with Gasteiger partial charge in [-0.3, -0.25) is 9.59 Å². The maximum atomic E-state index is 13.3. The number of amides is 1. The second kappa shape index (κ2) is 17.9. The highest BCUT2D eigenvalue weighted by Gasteiger charge is 2.44. The van der Waals surface area contributed by atoms with E-state index in [2.05, 4.69) is 21.8 Å². The zero-order chi connectivity index (χ0) is 39.4. The number of anilines is 1. The minimum absolute atomic E-state index is 0.0666. The molecule has 13 heteroatoms. The molecular weight excluding hydrogens is 727 g/mol. The molecule has 4 aliphatic rings. The van der Waals surface area contributed by atoms with Crippen molar-refractivity contribution in [1.82, 2.24) is 4.72 Å². The summed E-state index contributed by atoms with van der Waals surface area (Å²) in [4.78, 5) is 28.8. The molecular formula is C41H58BClN2O8S. The van der Waals surface area contributed by atoms with Crippen LogP contribution in [0.5, 0.6) is 5.75 Å². The fraction of sp³-hybridized carbons (Fsp3) is 0.610. The number of nitrogens with zero attached hydrogens (tertiary/aromatic N) is 1. The Hall–Kier alpha value is -2.90. The number of aryl methyl sites for hydroxylation is 1. The van der Waals surface area contributed by atoms with Crippen LogP contribution in [0.3, 0.4) is 0 Å². The highest BCUT2D eigenvalue weighted by molar-refractivity contribution is 7.90. The van der Waals surface area contributed by atoms with E-state index in [1.807, 2.05) is 54.5 Å². The molecule has 2 heterocycles. The van der Waals surface area contributed by atoms with Crippen LogP contribution in [0.1, 0.15) is 109 Å². The third-order valence-corrected chi connectivity index (χ3v) is 13.2. The quantitative estimate of drug-likeness (QED) is 0.294. The Kier molecular flexibility index (Phi) is 14.0. The summed E-state index contributed by atoms with van der Waals surface area (Å²) in [7, 11) is -4.47. The average Bonchev–Trinajstić information content (AvgIpc) is 3.21. The lowest BCUT2D eigenvalue weighted by atomic mass is 9.68. The SMILES string of the molecule is CC(C)OB(OC(C)C)OC(C)C.C[C@@H]1[C@@H](C)C/C=C/C(=O)[C@@H]2CC[C@H]2CN2C[C@@]3(CCCc4cc(Cl)ccc43)COc3ccc(cc32)C(=O)NS1(=O)=O. The number of fused-ring (bicyclic) bond motifs is 4. The Labute approximate surface area is 327 Å². The maximum absolute atomic E-state index is 13.3. The Morgan fingerprint density at radius 2 is 1.65 bits per heavy atom. The normalized spacial score (nSPS) is 27.1. The number of carbonyl (C=O) groups is 2. The predicted octanol–water partition coefficient (Wildman–Crippen LogP) is 7.70. The lowest BCUT2D eigenvalue weighted by Crippen LogP contribution is -2.49. The van der Waals surface area contributed by atoms with E-state index in [9.17, 15) is 18.0 Å². The first-order valence-corrected chi connectivity index (χ1v) is 21.4. The number of sulfonamides is 1. The van der Waals surface area contributed by atoms with Crippen molar-refractivity contribution in [2.24, 2.45) is 17.8 Å². The van der Waals surface area contributed by atoms with E-state index in [1.165, 1.54) is 11.1 Å². The number of allylic oxidation sites excluding steroid dienone is 2. The number of ketones is 1. The number of benzene rings is 2. The van der Waals surface area contributed by atoms with Gasteiger partial charge in [0.15, 0.2) is 5.78 Å². The van der Waals surface area contributed by atoms with Gasteiger partial charge in [-0.2, -0.15) is 0 Å². The standard InChI is InChI=1S/C32H37ClN2O5S.C9H21BO3/c1-20-5-3-7-29(36)26-11-8-24(26)17-35-18-32(14-4-6-22-15-25(33)10-12-27(22)32)19-40-30-13-9-23(16-28(30)35)31(37)34-41(38,39)21(20)2;1-7(2)11-10(12-8(3)4)13-9(5)6/h3,7,9-10,12-13,15-16,20-21,24,26H,4-6,8,11,14,17-19H2,1-2H3,(H,34,37);7-9H,1-6H3/b7-3+;/t20-,21+,24-,26+,32-;/m0./s1. The fourth-order valence-electron chi connectivity index (χ4n) is 7.76. The summed E-state index contributed by atoms with van der Waals surface area (Å²) in [6, 6.07) is 11.3. The van der Waals surface area contributed by atoms with E-state index in [0.717, 1.165) is 42.8 Å². The highest BCUT2D eigenvalue weighted by atomic mass is 35.5. The van der Waals surface area contributed by atoms with Gasteiger partial charge in [0, 0.05) is 53.3 Å². The molecule has 1 fully saturated rings. The third kappa shape index (κ3) is 10.3. The van der Waals surface area contributed by atoms with E-state index in [-0.39, 0.29) is 52.8 Å². The number of ether oxygens (including phenoxy) is 1. The van der Waals surface area contributed by atoms with Crippen LogP contribution in [-0.4, -0.2) is 70.7 Å². The smallest absolute Gasteiger partial charge is 0.490 e. The summed E-state index contributed by atoms with van der Waals surface area (Å²) in [5, 5.41) is -0.0854. The molecule has 2 aliphatic carbocycles. The van der Waals surface area contributed by atoms with Crippen LogP contribution in [0.2, 0.25) is 5.02 Å². The minimum Gasteiger partial charge on any atom is -0.490 e. The summed E-state index contributed by atoms with van der Waals surface area (Å²) in [6.07, 6.45) is 8.94. The highest BCUT2D eigenvalue weighted by Crippen LogP contribution is 2.46. The van der Waals surface area contributed by atoms with Crippen molar-refractivity contribution in [3.8, 4) is 5.75 Å². The summed E-state index contributed by atoms with van der Waals surface area (Å²) in [6.45, 7) is 17.0. The summed E-state index contributed by atoms with van der Waals surface area (Å²) in [5.41, 5.74) is 3.22. The fourth-order valence-corrected chi connectivity index (χ4v) is 9.24. The second-order valence-electron chi connectivity index (χ2n) is 16.3. The van der Waals surface area contributed by atoms with E-state index >= 15 is 0 Å². The van der Waals surface area contributed by atoms with Gasteiger partial charge in [0.25, 0.3) is 5.91 Å². The zero-order valence-corrected chi connectivity index (χ0v) is 34.7. The monoisotopic (exact) mass is 784 g/mol. The van der Waals surface area contributed by atoms with Gasteiger partial charge >= 0.3 is 7.32 Å².